The average Bonchev–Trinajstić information content (AvgIpc) is 2.65. The molecule has 1 heterocycles. The molecule has 1 aliphatic carbocycles. The van der Waals surface area contributed by atoms with E-state index in [-0.39, 0.29) is 6.42 Å². The van der Waals surface area contributed by atoms with E-state index in [4.69, 9.17) is 10.1 Å². The lowest BCUT2D eigenvalue weighted by molar-refractivity contribution is -0.136. The smallest absolute Gasteiger partial charge is 0.303 e. The summed E-state index contributed by atoms with van der Waals surface area (Å²) in [5, 5.41) is 8.76. The lowest BCUT2D eigenvalue weighted by Crippen LogP contribution is -2.10. The van der Waals surface area contributed by atoms with Crippen molar-refractivity contribution in [2.24, 2.45) is 7.05 Å². The Labute approximate surface area is 108 Å². The van der Waals surface area contributed by atoms with Gasteiger partial charge in [-0.3, -0.25) is 4.79 Å². The molecule has 100 valence electrons. The maximum Gasteiger partial charge on any atom is 0.303 e. The molecule has 1 saturated carbocycles. The number of aliphatic carboxylic acids is 1. The van der Waals surface area contributed by atoms with Gasteiger partial charge in [0, 0.05) is 25.1 Å². The molecule has 0 saturated heterocycles. The maximum atomic E-state index is 10.6. The Morgan fingerprint density at radius 1 is 1.39 bits per heavy atom. The summed E-state index contributed by atoms with van der Waals surface area (Å²) in [4.78, 5) is 15.3. The lowest BCUT2D eigenvalue weighted by atomic mass is 9.89. The van der Waals surface area contributed by atoms with E-state index in [1.165, 1.54) is 32.1 Å². The van der Waals surface area contributed by atoms with Crippen LogP contribution in [0.5, 0.6) is 0 Å². The van der Waals surface area contributed by atoms with E-state index in [9.17, 15) is 4.79 Å². The van der Waals surface area contributed by atoms with Gasteiger partial charge >= 0.3 is 5.97 Å². The molecule has 4 heteroatoms. The van der Waals surface area contributed by atoms with Crippen LogP contribution < -0.4 is 0 Å². The van der Waals surface area contributed by atoms with E-state index in [0.717, 1.165) is 17.2 Å². The molecule has 2 rings (SSSR count). The van der Waals surface area contributed by atoms with Crippen molar-refractivity contribution in [2.75, 3.05) is 0 Å². The second-order valence-electron chi connectivity index (χ2n) is 5.29. The van der Waals surface area contributed by atoms with Gasteiger partial charge in [0.05, 0.1) is 12.1 Å². The van der Waals surface area contributed by atoms with Gasteiger partial charge in [0.25, 0.3) is 0 Å². The Kier molecular flexibility index (Phi) is 4.04. The van der Waals surface area contributed by atoms with Gasteiger partial charge in [-0.2, -0.15) is 0 Å². The molecule has 18 heavy (non-hydrogen) atoms. The van der Waals surface area contributed by atoms with Crippen molar-refractivity contribution < 1.29 is 9.90 Å². The van der Waals surface area contributed by atoms with Gasteiger partial charge in [-0.25, -0.2) is 4.98 Å². The first-order valence-electron chi connectivity index (χ1n) is 6.83. The summed E-state index contributed by atoms with van der Waals surface area (Å²) in [6.07, 6.45) is 7.09. The SMILES string of the molecule is Cc1c(CCC(=O)O)nc(C2CCCCC2)n1C. The van der Waals surface area contributed by atoms with Gasteiger partial charge in [0.1, 0.15) is 5.82 Å². The molecule has 4 nitrogen and oxygen atoms in total. The normalized spacial score (nSPS) is 17.0. The molecular weight excluding hydrogens is 228 g/mol. The first-order valence-corrected chi connectivity index (χ1v) is 6.83. The summed E-state index contributed by atoms with van der Waals surface area (Å²) >= 11 is 0. The molecule has 1 aromatic rings. The third-order valence-electron chi connectivity index (χ3n) is 4.06. The van der Waals surface area contributed by atoms with Crippen molar-refractivity contribution in [3.8, 4) is 0 Å². The van der Waals surface area contributed by atoms with Gasteiger partial charge < -0.3 is 9.67 Å². The number of imidazole rings is 1. The van der Waals surface area contributed by atoms with E-state index in [2.05, 4.69) is 11.6 Å². The highest BCUT2D eigenvalue weighted by Gasteiger charge is 2.22. The van der Waals surface area contributed by atoms with Crippen LogP contribution in [0.3, 0.4) is 0 Å². The van der Waals surface area contributed by atoms with Crippen molar-refractivity contribution in [2.45, 2.75) is 57.8 Å². The van der Waals surface area contributed by atoms with Crippen LogP contribution in [0.25, 0.3) is 0 Å². The lowest BCUT2D eigenvalue weighted by Gasteiger charge is -2.21. The zero-order chi connectivity index (χ0) is 13.1. The van der Waals surface area contributed by atoms with Crippen LogP contribution in [0.15, 0.2) is 0 Å². The molecule has 0 amide bonds. The molecule has 0 radical (unpaired) electrons. The van der Waals surface area contributed by atoms with Crippen LogP contribution in [0.2, 0.25) is 0 Å². The molecule has 1 fully saturated rings. The summed E-state index contributed by atoms with van der Waals surface area (Å²) in [7, 11) is 2.05. The van der Waals surface area contributed by atoms with Crippen LogP contribution in [-0.4, -0.2) is 20.6 Å². The van der Waals surface area contributed by atoms with Gasteiger partial charge in [-0.15, -0.1) is 0 Å². The summed E-state index contributed by atoms with van der Waals surface area (Å²) in [5.41, 5.74) is 2.08. The number of carboxylic acid groups (broad SMARTS) is 1. The summed E-state index contributed by atoms with van der Waals surface area (Å²) < 4.78 is 2.16. The molecule has 0 spiro atoms. The number of carbonyl (C=O) groups is 1. The Morgan fingerprint density at radius 3 is 2.67 bits per heavy atom. The van der Waals surface area contributed by atoms with Crippen LogP contribution in [0.1, 0.15) is 61.7 Å². The first-order chi connectivity index (χ1) is 8.59. The first kappa shape index (κ1) is 13.1. The number of nitrogens with zero attached hydrogens (tertiary/aromatic N) is 2. The average molecular weight is 250 g/mol. The number of hydrogen-bond donors (Lipinski definition) is 1. The Balaban J connectivity index is 2.15. The van der Waals surface area contributed by atoms with E-state index in [0.29, 0.717) is 12.3 Å². The summed E-state index contributed by atoms with van der Waals surface area (Å²) in [6.45, 7) is 2.04. The van der Waals surface area contributed by atoms with Crippen LogP contribution >= 0.6 is 0 Å². The largest absolute Gasteiger partial charge is 0.481 e. The van der Waals surface area contributed by atoms with Crippen molar-refractivity contribution in [3.63, 3.8) is 0 Å². The molecule has 1 aliphatic rings. The van der Waals surface area contributed by atoms with E-state index in [1.807, 2.05) is 6.92 Å². The second-order valence-corrected chi connectivity index (χ2v) is 5.29. The molecular formula is C14H22N2O2. The number of aromatic nitrogens is 2. The third kappa shape index (κ3) is 2.74. The Morgan fingerprint density at radius 2 is 2.06 bits per heavy atom. The molecule has 0 unspecified atom stereocenters. The summed E-state index contributed by atoms with van der Waals surface area (Å²) in [6, 6.07) is 0. The fraction of sp³-hybridized carbons (Fsp3) is 0.714. The zero-order valence-electron chi connectivity index (χ0n) is 11.3. The minimum Gasteiger partial charge on any atom is -0.481 e. The Hall–Kier alpha value is -1.32. The molecule has 0 aromatic carbocycles. The molecule has 1 N–H and O–H groups in total. The quantitative estimate of drug-likeness (QED) is 0.894. The van der Waals surface area contributed by atoms with Crippen LogP contribution in [0, 0.1) is 6.92 Å². The molecule has 0 bridgehead atoms. The minimum atomic E-state index is -0.751. The van der Waals surface area contributed by atoms with Gasteiger partial charge in [0.2, 0.25) is 0 Å². The van der Waals surface area contributed by atoms with Crippen molar-refractivity contribution in [3.05, 3.63) is 17.2 Å². The number of aryl methyl sites for hydroxylation is 1. The van der Waals surface area contributed by atoms with Crippen molar-refractivity contribution >= 4 is 5.97 Å². The van der Waals surface area contributed by atoms with Gasteiger partial charge in [-0.1, -0.05) is 19.3 Å². The number of carboxylic acids is 1. The van der Waals surface area contributed by atoms with Gasteiger partial charge in [0.15, 0.2) is 0 Å². The van der Waals surface area contributed by atoms with Gasteiger partial charge in [-0.05, 0) is 19.8 Å². The molecule has 1 aromatic heterocycles. The van der Waals surface area contributed by atoms with Crippen molar-refractivity contribution in [1.29, 1.82) is 0 Å². The number of hydrogen-bond acceptors (Lipinski definition) is 2. The van der Waals surface area contributed by atoms with Crippen LogP contribution in [0.4, 0.5) is 0 Å². The van der Waals surface area contributed by atoms with Crippen LogP contribution in [-0.2, 0) is 18.3 Å². The minimum absolute atomic E-state index is 0.169. The van der Waals surface area contributed by atoms with E-state index < -0.39 is 5.97 Å². The Bertz CT molecular complexity index is 431. The fourth-order valence-corrected chi connectivity index (χ4v) is 2.85. The molecule has 0 aliphatic heterocycles. The fourth-order valence-electron chi connectivity index (χ4n) is 2.85. The van der Waals surface area contributed by atoms with E-state index in [1.54, 1.807) is 0 Å². The van der Waals surface area contributed by atoms with Crippen molar-refractivity contribution in [1.82, 2.24) is 9.55 Å². The topological polar surface area (TPSA) is 55.1 Å². The molecule has 0 atom stereocenters. The predicted octanol–water partition coefficient (Wildman–Crippen LogP) is 2.79. The number of rotatable bonds is 4. The van der Waals surface area contributed by atoms with E-state index >= 15 is 0 Å². The standard InChI is InChI=1S/C14H22N2O2/c1-10-12(8-9-13(17)18)15-14(16(10)2)11-6-4-3-5-7-11/h11H,3-9H2,1-2H3,(H,17,18). The third-order valence-corrected chi connectivity index (χ3v) is 4.06. The second kappa shape index (κ2) is 5.55. The highest BCUT2D eigenvalue weighted by Crippen LogP contribution is 2.32. The highest BCUT2D eigenvalue weighted by molar-refractivity contribution is 5.67. The monoisotopic (exact) mass is 250 g/mol. The highest BCUT2D eigenvalue weighted by atomic mass is 16.4. The maximum absolute atomic E-state index is 10.6. The summed E-state index contributed by atoms with van der Waals surface area (Å²) in [5.74, 6) is 0.980. The zero-order valence-corrected chi connectivity index (χ0v) is 11.3. The predicted molar refractivity (Wildman–Crippen MR) is 69.7 cm³/mol.